The van der Waals surface area contributed by atoms with Gasteiger partial charge < -0.3 is 14.6 Å². The normalized spacial score (nSPS) is 14.0. The number of ether oxygens (including phenoxy) is 1. The van der Waals surface area contributed by atoms with E-state index in [1.165, 1.54) is 11.1 Å². The zero-order valence-corrected chi connectivity index (χ0v) is 18.0. The van der Waals surface area contributed by atoms with E-state index in [2.05, 4.69) is 37.8 Å². The van der Waals surface area contributed by atoms with Crippen LogP contribution in [0.5, 0.6) is 5.88 Å². The number of aromatic nitrogens is 6. The number of rotatable bonds is 5. The molecule has 1 aromatic carbocycles. The summed E-state index contributed by atoms with van der Waals surface area (Å²) in [6.45, 7) is 4.01. The summed E-state index contributed by atoms with van der Waals surface area (Å²) in [7, 11) is 0. The topological polar surface area (TPSA) is 103 Å². The first-order chi connectivity index (χ1) is 16.3. The molecule has 0 fully saturated rings. The lowest BCUT2D eigenvalue weighted by Crippen LogP contribution is -2.20. The SMILES string of the molecule is Cc1cc(-c2nnc3c4ccccc4c(OCc4cc(C5=CCNCC5)ccn4)nn23)no1. The van der Waals surface area contributed by atoms with E-state index in [0.717, 1.165) is 36.0 Å². The minimum absolute atomic E-state index is 0.294. The molecule has 1 aliphatic rings. The van der Waals surface area contributed by atoms with Crippen LogP contribution < -0.4 is 10.1 Å². The standard InChI is InChI=1S/C24H21N7O2/c1-15-12-21(30-33-15)23-28-27-22-19-4-2-3-5-20(19)24(29-31(22)23)32-14-18-13-17(8-11-26-18)16-6-9-25-10-7-16/h2-6,8,11-13,25H,7,9-10,14H2,1H3. The van der Waals surface area contributed by atoms with Crippen LogP contribution >= 0.6 is 0 Å². The number of nitrogens with one attached hydrogen (secondary N) is 1. The van der Waals surface area contributed by atoms with Gasteiger partial charge in [-0.1, -0.05) is 29.4 Å². The molecule has 9 nitrogen and oxygen atoms in total. The van der Waals surface area contributed by atoms with Gasteiger partial charge in [-0.3, -0.25) is 4.98 Å². The minimum Gasteiger partial charge on any atom is -0.470 e. The Morgan fingerprint density at radius 1 is 1.12 bits per heavy atom. The molecule has 5 aromatic rings. The number of hydrogen-bond donors (Lipinski definition) is 1. The Balaban J connectivity index is 1.37. The van der Waals surface area contributed by atoms with Crippen molar-refractivity contribution in [3.05, 3.63) is 71.8 Å². The summed E-state index contributed by atoms with van der Waals surface area (Å²) in [4.78, 5) is 4.50. The first-order valence-electron chi connectivity index (χ1n) is 10.8. The summed E-state index contributed by atoms with van der Waals surface area (Å²) in [6.07, 6.45) is 5.06. The number of benzene rings is 1. The van der Waals surface area contributed by atoms with Crippen molar-refractivity contribution in [3.8, 4) is 17.4 Å². The fourth-order valence-electron chi connectivity index (χ4n) is 4.07. The lowest BCUT2D eigenvalue weighted by atomic mass is 10.0. The molecule has 0 atom stereocenters. The third-order valence-electron chi connectivity index (χ3n) is 5.69. The molecule has 0 radical (unpaired) electrons. The third kappa shape index (κ3) is 3.62. The van der Waals surface area contributed by atoms with Gasteiger partial charge in [0.05, 0.1) is 5.69 Å². The Bertz CT molecular complexity index is 1500. The zero-order valence-electron chi connectivity index (χ0n) is 18.0. The molecule has 0 saturated heterocycles. The van der Waals surface area contributed by atoms with Gasteiger partial charge >= 0.3 is 0 Å². The Hall–Kier alpha value is -4.11. The molecule has 4 aromatic heterocycles. The van der Waals surface area contributed by atoms with Crippen LogP contribution in [0.25, 0.3) is 33.5 Å². The molecule has 9 heteroatoms. The average molecular weight is 439 g/mol. The molecule has 0 spiro atoms. The van der Waals surface area contributed by atoms with Crippen LogP contribution in [0.4, 0.5) is 0 Å². The maximum Gasteiger partial charge on any atom is 0.240 e. The summed E-state index contributed by atoms with van der Waals surface area (Å²) in [5.41, 5.74) is 4.55. The summed E-state index contributed by atoms with van der Waals surface area (Å²) >= 11 is 0. The molecule has 0 bridgehead atoms. The molecule has 1 N–H and O–H groups in total. The third-order valence-corrected chi connectivity index (χ3v) is 5.69. The van der Waals surface area contributed by atoms with Gasteiger partial charge in [-0.25, -0.2) is 0 Å². The molecule has 0 saturated carbocycles. The predicted molar refractivity (Wildman–Crippen MR) is 123 cm³/mol. The van der Waals surface area contributed by atoms with E-state index in [1.807, 2.05) is 43.5 Å². The molecule has 6 rings (SSSR count). The number of aryl methyl sites for hydroxylation is 1. The van der Waals surface area contributed by atoms with Crippen molar-refractivity contribution in [1.82, 2.24) is 35.3 Å². The van der Waals surface area contributed by atoms with Crippen LogP contribution in [0.15, 0.2) is 59.3 Å². The van der Waals surface area contributed by atoms with E-state index in [1.54, 1.807) is 10.6 Å². The zero-order chi connectivity index (χ0) is 22.2. The van der Waals surface area contributed by atoms with Crippen LogP contribution in [-0.2, 0) is 6.61 Å². The number of nitrogens with zero attached hydrogens (tertiary/aromatic N) is 6. The van der Waals surface area contributed by atoms with Crippen molar-refractivity contribution in [3.63, 3.8) is 0 Å². The maximum absolute atomic E-state index is 6.20. The van der Waals surface area contributed by atoms with E-state index in [-0.39, 0.29) is 0 Å². The highest BCUT2D eigenvalue weighted by atomic mass is 16.5. The molecule has 33 heavy (non-hydrogen) atoms. The van der Waals surface area contributed by atoms with Crippen LogP contribution in [0.3, 0.4) is 0 Å². The highest BCUT2D eigenvalue weighted by Crippen LogP contribution is 2.29. The first kappa shape index (κ1) is 19.6. The van der Waals surface area contributed by atoms with Gasteiger partial charge in [-0.15, -0.1) is 15.3 Å². The van der Waals surface area contributed by atoms with Crippen LogP contribution in [-0.4, -0.2) is 43.0 Å². The van der Waals surface area contributed by atoms with Gasteiger partial charge in [-0.2, -0.15) is 4.52 Å². The summed E-state index contributed by atoms with van der Waals surface area (Å²) in [6, 6.07) is 13.8. The van der Waals surface area contributed by atoms with Crippen LogP contribution in [0.1, 0.15) is 23.4 Å². The van der Waals surface area contributed by atoms with Crippen molar-refractivity contribution >= 4 is 22.0 Å². The number of fused-ring (bicyclic) bond motifs is 3. The molecule has 0 unspecified atom stereocenters. The Morgan fingerprint density at radius 3 is 2.85 bits per heavy atom. The van der Waals surface area contributed by atoms with E-state index >= 15 is 0 Å². The largest absolute Gasteiger partial charge is 0.470 e. The Kier molecular flexibility index (Phi) is 4.80. The molecule has 0 aliphatic carbocycles. The summed E-state index contributed by atoms with van der Waals surface area (Å²) in [5.74, 6) is 1.66. The maximum atomic E-state index is 6.20. The summed E-state index contributed by atoms with van der Waals surface area (Å²) in [5, 5.41) is 22.5. The minimum atomic E-state index is 0.294. The second-order valence-electron chi connectivity index (χ2n) is 7.94. The van der Waals surface area contributed by atoms with Crippen molar-refractivity contribution in [2.45, 2.75) is 20.0 Å². The quantitative estimate of drug-likeness (QED) is 0.443. The molecule has 5 heterocycles. The van der Waals surface area contributed by atoms with Crippen molar-refractivity contribution in [1.29, 1.82) is 0 Å². The summed E-state index contributed by atoms with van der Waals surface area (Å²) < 4.78 is 13.1. The van der Waals surface area contributed by atoms with Gasteiger partial charge in [0.15, 0.2) is 11.3 Å². The van der Waals surface area contributed by atoms with Crippen LogP contribution in [0, 0.1) is 6.92 Å². The highest BCUT2D eigenvalue weighted by molar-refractivity contribution is 5.96. The second-order valence-corrected chi connectivity index (χ2v) is 7.94. The molecule has 1 aliphatic heterocycles. The molecule has 164 valence electrons. The van der Waals surface area contributed by atoms with Gasteiger partial charge in [0.25, 0.3) is 0 Å². The van der Waals surface area contributed by atoms with Gasteiger partial charge in [0.2, 0.25) is 11.7 Å². The Labute approximate surface area is 189 Å². The lowest BCUT2D eigenvalue weighted by molar-refractivity contribution is 0.289. The van der Waals surface area contributed by atoms with E-state index in [9.17, 15) is 0 Å². The predicted octanol–water partition coefficient (Wildman–Crippen LogP) is 3.59. The average Bonchev–Trinajstić information content (AvgIpc) is 3.49. The lowest BCUT2D eigenvalue weighted by Gasteiger charge is -2.15. The van der Waals surface area contributed by atoms with Gasteiger partial charge in [-0.05, 0) is 49.2 Å². The van der Waals surface area contributed by atoms with Gasteiger partial charge in [0.1, 0.15) is 12.4 Å². The number of hydrogen-bond acceptors (Lipinski definition) is 8. The smallest absolute Gasteiger partial charge is 0.240 e. The van der Waals surface area contributed by atoms with E-state index < -0.39 is 0 Å². The molecule has 0 amide bonds. The first-order valence-corrected chi connectivity index (χ1v) is 10.8. The Morgan fingerprint density at radius 2 is 2.03 bits per heavy atom. The van der Waals surface area contributed by atoms with E-state index in [0.29, 0.717) is 35.4 Å². The van der Waals surface area contributed by atoms with Crippen molar-refractivity contribution < 1.29 is 9.26 Å². The molecular formula is C24H21N7O2. The second kappa shape index (κ2) is 8.10. The van der Waals surface area contributed by atoms with Crippen LogP contribution in [0.2, 0.25) is 0 Å². The number of pyridine rings is 1. The monoisotopic (exact) mass is 439 g/mol. The fraction of sp³-hybridized carbons (Fsp3) is 0.208. The van der Waals surface area contributed by atoms with Crippen molar-refractivity contribution in [2.24, 2.45) is 0 Å². The molecular weight excluding hydrogens is 418 g/mol. The van der Waals surface area contributed by atoms with E-state index in [4.69, 9.17) is 14.4 Å². The van der Waals surface area contributed by atoms with Crippen molar-refractivity contribution in [2.75, 3.05) is 13.1 Å². The fourth-order valence-corrected chi connectivity index (χ4v) is 4.07. The van der Waals surface area contributed by atoms with Gasteiger partial charge in [0, 0.05) is 29.6 Å². The highest BCUT2D eigenvalue weighted by Gasteiger charge is 2.18.